The molecule has 0 unspecified atom stereocenters. The molecule has 10 nitrogen and oxygen atoms in total. The number of rotatable bonds is 5. The Kier molecular flexibility index (Phi) is 5.56. The number of azo groups is 1. The number of phenols is 1. The molecule has 0 bridgehead atoms. The van der Waals surface area contributed by atoms with Crippen LogP contribution >= 0.6 is 0 Å². The van der Waals surface area contributed by atoms with Gasteiger partial charge >= 0.3 is 6.01 Å². The Hall–Kier alpha value is -5.82. The zero-order valence-corrected chi connectivity index (χ0v) is 19.6. The molecule has 2 aromatic heterocycles. The van der Waals surface area contributed by atoms with E-state index in [1.54, 1.807) is 60.7 Å². The Morgan fingerprint density at radius 1 is 1.00 bits per heavy atom. The minimum Gasteiger partial charge on any atom is -0.505 e. The molecule has 182 valence electrons. The van der Waals surface area contributed by atoms with Gasteiger partial charge < -0.3 is 14.8 Å². The maximum atomic E-state index is 13.1. The first-order valence-corrected chi connectivity index (χ1v) is 11.5. The highest BCUT2D eigenvalue weighted by atomic mass is 16.4. The van der Waals surface area contributed by atoms with E-state index < -0.39 is 5.91 Å². The van der Waals surface area contributed by atoms with Gasteiger partial charge in [-0.3, -0.25) is 4.79 Å². The van der Waals surface area contributed by atoms with Gasteiger partial charge in [0.25, 0.3) is 5.91 Å². The van der Waals surface area contributed by atoms with Crippen molar-refractivity contribution in [3.05, 3.63) is 102 Å². The van der Waals surface area contributed by atoms with Crippen LogP contribution in [0.25, 0.3) is 27.9 Å². The number of carbonyl (C=O) groups excluding carboxylic acids is 1. The molecule has 0 radical (unpaired) electrons. The molecule has 2 N–H and O–H groups in total. The average Bonchev–Trinajstić information content (AvgIpc) is 3.56. The number of nitriles is 1. The summed E-state index contributed by atoms with van der Waals surface area (Å²) in [5.74, 6) is -0.806. The van der Waals surface area contributed by atoms with Crippen molar-refractivity contribution >= 4 is 45.0 Å². The van der Waals surface area contributed by atoms with Crippen molar-refractivity contribution in [3.63, 3.8) is 0 Å². The monoisotopic (exact) mass is 499 g/mol. The van der Waals surface area contributed by atoms with Crippen molar-refractivity contribution in [2.75, 3.05) is 5.32 Å². The standard InChI is InChI=1S/C28H17N7O3/c29-15-18-16-30-35(28-32-22-12-6-7-13-23(22)38-28)26(18)34-33-24-20-11-5-4-8-17(20)14-21(25(24)36)27(37)31-19-9-2-1-3-10-19/h1-14,16,36H,(H,31,37)/b34-33+. The van der Waals surface area contributed by atoms with Crippen molar-refractivity contribution in [3.8, 4) is 17.8 Å². The van der Waals surface area contributed by atoms with Crippen molar-refractivity contribution < 1.29 is 14.3 Å². The lowest BCUT2D eigenvalue weighted by atomic mass is 10.0. The largest absolute Gasteiger partial charge is 0.505 e. The number of oxazole rings is 1. The fraction of sp³-hybridized carbons (Fsp3) is 0. The molecular weight excluding hydrogens is 482 g/mol. The molecule has 2 heterocycles. The minimum absolute atomic E-state index is 0.0227. The lowest BCUT2D eigenvalue weighted by molar-refractivity contribution is 0.102. The maximum Gasteiger partial charge on any atom is 0.325 e. The highest BCUT2D eigenvalue weighted by molar-refractivity contribution is 6.11. The molecule has 0 aliphatic heterocycles. The van der Waals surface area contributed by atoms with Crippen LogP contribution in [0, 0.1) is 11.3 Å². The zero-order valence-electron chi connectivity index (χ0n) is 19.6. The van der Waals surface area contributed by atoms with Gasteiger partial charge in [-0.25, -0.2) is 0 Å². The molecule has 6 aromatic rings. The molecule has 0 fully saturated rings. The van der Waals surface area contributed by atoms with E-state index >= 15 is 0 Å². The molecule has 0 saturated heterocycles. The summed E-state index contributed by atoms with van der Waals surface area (Å²) in [6.07, 6.45) is 1.32. The molecule has 4 aromatic carbocycles. The second kappa shape index (κ2) is 9.33. The normalized spacial score (nSPS) is 11.2. The van der Waals surface area contributed by atoms with Crippen molar-refractivity contribution in [2.45, 2.75) is 0 Å². The molecule has 10 heteroatoms. The average molecular weight is 499 g/mol. The number of carbonyl (C=O) groups is 1. The topological polar surface area (TPSA) is 142 Å². The number of aromatic nitrogens is 3. The molecular formula is C28H17N7O3. The Balaban J connectivity index is 1.45. The number of aromatic hydroxyl groups is 1. The quantitative estimate of drug-likeness (QED) is 0.262. The van der Waals surface area contributed by atoms with E-state index in [9.17, 15) is 15.2 Å². The number of nitrogens with zero attached hydrogens (tertiary/aromatic N) is 6. The molecule has 38 heavy (non-hydrogen) atoms. The second-order valence-corrected chi connectivity index (χ2v) is 8.23. The van der Waals surface area contributed by atoms with Gasteiger partial charge in [-0.15, -0.1) is 10.2 Å². The number of hydrogen-bond donors (Lipinski definition) is 2. The third kappa shape index (κ3) is 4.00. The van der Waals surface area contributed by atoms with Gasteiger partial charge in [-0.2, -0.15) is 20.0 Å². The van der Waals surface area contributed by atoms with Crippen LogP contribution in [0.3, 0.4) is 0 Å². The van der Waals surface area contributed by atoms with Gasteiger partial charge in [0.2, 0.25) is 5.82 Å². The molecule has 0 aliphatic carbocycles. The van der Waals surface area contributed by atoms with Crippen LogP contribution in [0.2, 0.25) is 0 Å². The second-order valence-electron chi connectivity index (χ2n) is 8.23. The third-order valence-corrected chi connectivity index (χ3v) is 5.84. The van der Waals surface area contributed by atoms with Crippen molar-refractivity contribution in [1.82, 2.24) is 14.8 Å². The lowest BCUT2D eigenvalue weighted by Gasteiger charge is -2.11. The molecule has 0 saturated carbocycles. The van der Waals surface area contributed by atoms with E-state index in [1.807, 2.05) is 30.3 Å². The van der Waals surface area contributed by atoms with Gasteiger partial charge in [0.15, 0.2) is 11.3 Å². The number of anilines is 1. The summed E-state index contributed by atoms with van der Waals surface area (Å²) in [5, 5.41) is 37.5. The van der Waals surface area contributed by atoms with Crippen LogP contribution in [0.1, 0.15) is 15.9 Å². The smallest absolute Gasteiger partial charge is 0.325 e. The number of benzene rings is 4. The van der Waals surface area contributed by atoms with Gasteiger partial charge in [0.1, 0.15) is 22.8 Å². The Bertz CT molecular complexity index is 1870. The molecule has 0 spiro atoms. The predicted octanol–water partition coefficient (Wildman–Crippen LogP) is 6.41. The predicted molar refractivity (Wildman–Crippen MR) is 140 cm³/mol. The fourth-order valence-electron chi connectivity index (χ4n) is 4.02. The number of fused-ring (bicyclic) bond motifs is 2. The van der Waals surface area contributed by atoms with Gasteiger partial charge in [0.05, 0.1) is 11.8 Å². The number of amides is 1. The summed E-state index contributed by atoms with van der Waals surface area (Å²) >= 11 is 0. The summed E-state index contributed by atoms with van der Waals surface area (Å²) in [7, 11) is 0. The van der Waals surface area contributed by atoms with Crippen LogP contribution in [0.4, 0.5) is 17.2 Å². The van der Waals surface area contributed by atoms with Crippen molar-refractivity contribution in [1.29, 1.82) is 5.26 Å². The van der Waals surface area contributed by atoms with Crippen LogP contribution in [0.15, 0.2) is 106 Å². The van der Waals surface area contributed by atoms with Crippen LogP contribution in [-0.4, -0.2) is 25.8 Å². The molecule has 0 atom stereocenters. The molecule has 6 rings (SSSR count). The Morgan fingerprint density at radius 2 is 1.76 bits per heavy atom. The lowest BCUT2D eigenvalue weighted by Crippen LogP contribution is -2.12. The highest BCUT2D eigenvalue weighted by Crippen LogP contribution is 2.40. The SMILES string of the molecule is N#Cc1cnn(-c2nc3ccccc3o2)c1/N=N/c1c(O)c(C(=O)Nc2ccccc2)cc2ccccc12. The van der Waals surface area contributed by atoms with E-state index in [0.717, 1.165) is 0 Å². The summed E-state index contributed by atoms with van der Waals surface area (Å²) in [6.45, 7) is 0. The van der Waals surface area contributed by atoms with E-state index in [1.165, 1.54) is 10.9 Å². The van der Waals surface area contributed by atoms with Gasteiger partial charge in [-0.05, 0) is 35.7 Å². The first-order chi connectivity index (χ1) is 18.6. The first-order valence-electron chi connectivity index (χ1n) is 11.5. The molecule has 1 amide bonds. The van der Waals surface area contributed by atoms with Gasteiger partial charge in [-0.1, -0.05) is 54.6 Å². The van der Waals surface area contributed by atoms with Crippen LogP contribution < -0.4 is 5.32 Å². The minimum atomic E-state index is -0.509. The van der Waals surface area contributed by atoms with Crippen LogP contribution in [-0.2, 0) is 0 Å². The number of hydrogen-bond acceptors (Lipinski definition) is 8. The summed E-state index contributed by atoms with van der Waals surface area (Å²) in [5.41, 5.74) is 1.94. The third-order valence-electron chi connectivity index (χ3n) is 5.84. The Morgan fingerprint density at radius 3 is 2.58 bits per heavy atom. The van der Waals surface area contributed by atoms with Crippen molar-refractivity contribution in [2.24, 2.45) is 10.2 Å². The van der Waals surface area contributed by atoms with E-state index in [4.69, 9.17) is 4.42 Å². The van der Waals surface area contributed by atoms with Gasteiger partial charge in [0, 0.05) is 11.1 Å². The molecule has 0 aliphatic rings. The number of phenolic OH excluding ortho intramolecular Hbond substituents is 1. The summed E-state index contributed by atoms with van der Waals surface area (Å²) in [4.78, 5) is 17.5. The summed E-state index contributed by atoms with van der Waals surface area (Å²) < 4.78 is 7.04. The summed E-state index contributed by atoms with van der Waals surface area (Å²) in [6, 6.07) is 27.0. The van der Waals surface area contributed by atoms with E-state index in [-0.39, 0.29) is 34.4 Å². The fourth-order valence-corrected chi connectivity index (χ4v) is 4.02. The zero-order chi connectivity index (χ0) is 26.1. The number of para-hydroxylation sites is 3. The van der Waals surface area contributed by atoms with E-state index in [0.29, 0.717) is 27.6 Å². The van der Waals surface area contributed by atoms with E-state index in [2.05, 4.69) is 25.6 Å². The highest BCUT2D eigenvalue weighted by Gasteiger charge is 2.20. The number of nitrogens with one attached hydrogen (secondary N) is 1. The maximum absolute atomic E-state index is 13.1. The van der Waals surface area contributed by atoms with Crippen LogP contribution in [0.5, 0.6) is 5.75 Å². The first kappa shape index (κ1) is 22.6. The Labute approximate surface area is 215 Å².